The van der Waals surface area contributed by atoms with Crippen LogP contribution in [0.3, 0.4) is 0 Å². The minimum atomic E-state index is 0.555. The first kappa shape index (κ1) is 13.9. The van der Waals surface area contributed by atoms with Gasteiger partial charge in [0, 0.05) is 29.1 Å². The van der Waals surface area contributed by atoms with Crippen LogP contribution in [0.4, 0.5) is 5.69 Å². The van der Waals surface area contributed by atoms with Crippen molar-refractivity contribution in [3.05, 3.63) is 28.2 Å². The molecular formula is C13H19BrClN. The molecule has 16 heavy (non-hydrogen) atoms. The first-order valence-corrected chi connectivity index (χ1v) is 7.04. The van der Waals surface area contributed by atoms with Gasteiger partial charge in [-0.25, -0.2) is 0 Å². The molecule has 0 fully saturated rings. The van der Waals surface area contributed by atoms with E-state index >= 15 is 0 Å². The zero-order valence-electron chi connectivity index (χ0n) is 10.1. The van der Waals surface area contributed by atoms with Crippen LogP contribution in [0.25, 0.3) is 0 Å². The van der Waals surface area contributed by atoms with Gasteiger partial charge in [-0.1, -0.05) is 29.8 Å². The summed E-state index contributed by atoms with van der Waals surface area (Å²) in [6.07, 6.45) is 2.32. The number of hydrogen-bond donors (Lipinski definition) is 0. The second-order valence-corrected chi connectivity index (χ2v) is 5.17. The third-order valence-electron chi connectivity index (χ3n) is 3.06. The summed E-state index contributed by atoms with van der Waals surface area (Å²) < 4.78 is 1.09. The van der Waals surface area contributed by atoms with Crippen LogP contribution >= 0.6 is 27.5 Å². The molecule has 0 spiro atoms. The molecule has 0 aliphatic rings. The monoisotopic (exact) mass is 303 g/mol. The molecule has 0 bridgehead atoms. The highest BCUT2D eigenvalue weighted by Gasteiger charge is 2.14. The third-order valence-corrected chi connectivity index (χ3v) is 3.84. The van der Waals surface area contributed by atoms with Crippen molar-refractivity contribution in [3.8, 4) is 0 Å². The van der Waals surface area contributed by atoms with Crippen molar-refractivity contribution in [3.63, 3.8) is 0 Å². The van der Waals surface area contributed by atoms with Crippen LogP contribution in [0, 0.1) is 0 Å². The number of hydrogen-bond acceptors (Lipinski definition) is 1. The van der Waals surface area contributed by atoms with Gasteiger partial charge in [-0.3, -0.25) is 0 Å². The molecule has 0 heterocycles. The predicted molar refractivity (Wildman–Crippen MR) is 76.5 cm³/mol. The molecule has 0 N–H and O–H groups in total. The van der Waals surface area contributed by atoms with E-state index in [0.29, 0.717) is 11.9 Å². The lowest BCUT2D eigenvalue weighted by Crippen LogP contribution is -2.31. The number of halogens is 2. The Bertz CT molecular complexity index is 337. The van der Waals surface area contributed by atoms with Gasteiger partial charge in [0.05, 0.1) is 0 Å². The van der Waals surface area contributed by atoms with E-state index in [4.69, 9.17) is 11.6 Å². The van der Waals surface area contributed by atoms with Crippen LogP contribution in [-0.4, -0.2) is 13.1 Å². The number of rotatable bonds is 5. The van der Waals surface area contributed by atoms with Gasteiger partial charge in [-0.2, -0.15) is 0 Å². The number of benzene rings is 1. The van der Waals surface area contributed by atoms with Gasteiger partial charge in [-0.05, 0) is 36.6 Å². The number of alkyl halides is 1. The average molecular weight is 305 g/mol. The lowest BCUT2D eigenvalue weighted by Gasteiger charge is -2.30. The van der Waals surface area contributed by atoms with Crippen molar-refractivity contribution in [2.45, 2.75) is 38.6 Å². The van der Waals surface area contributed by atoms with Crippen molar-refractivity contribution in [1.82, 2.24) is 0 Å². The zero-order valence-corrected chi connectivity index (χ0v) is 12.5. The van der Waals surface area contributed by atoms with E-state index in [1.54, 1.807) is 0 Å². The van der Waals surface area contributed by atoms with Gasteiger partial charge < -0.3 is 4.90 Å². The summed E-state index contributed by atoms with van der Waals surface area (Å²) in [5.41, 5.74) is 2.43. The molecule has 0 atom stereocenters. The minimum absolute atomic E-state index is 0.555. The molecule has 90 valence electrons. The van der Waals surface area contributed by atoms with Crippen molar-refractivity contribution in [1.29, 1.82) is 0 Å². The molecule has 0 aliphatic heterocycles. The van der Waals surface area contributed by atoms with E-state index in [-0.39, 0.29) is 0 Å². The summed E-state index contributed by atoms with van der Waals surface area (Å²) in [6.45, 7) is 4.45. The molecule has 0 saturated heterocycles. The largest absolute Gasteiger partial charge is 0.371 e. The predicted octanol–water partition coefficient (Wildman–Crippen LogP) is 4.81. The Morgan fingerprint density at radius 3 is 2.44 bits per heavy atom. The Morgan fingerprint density at radius 2 is 1.94 bits per heavy atom. The minimum Gasteiger partial charge on any atom is -0.371 e. The summed E-state index contributed by atoms with van der Waals surface area (Å²) in [5.74, 6) is 0.555. The highest BCUT2D eigenvalue weighted by molar-refractivity contribution is 9.10. The van der Waals surface area contributed by atoms with Gasteiger partial charge in [0.25, 0.3) is 0 Å². The summed E-state index contributed by atoms with van der Waals surface area (Å²) >= 11 is 9.47. The maximum absolute atomic E-state index is 5.99. The Morgan fingerprint density at radius 1 is 1.31 bits per heavy atom. The SMILES string of the molecule is CCC(CC)N(C)c1ccc(Br)cc1CCl. The van der Waals surface area contributed by atoms with Gasteiger partial charge in [0.1, 0.15) is 0 Å². The van der Waals surface area contributed by atoms with Crippen LogP contribution < -0.4 is 4.90 Å². The average Bonchev–Trinajstić information content (AvgIpc) is 2.30. The van der Waals surface area contributed by atoms with E-state index in [2.05, 4.69) is 59.9 Å². The van der Waals surface area contributed by atoms with Crippen LogP contribution in [0.1, 0.15) is 32.3 Å². The Labute approximate surface area is 112 Å². The van der Waals surface area contributed by atoms with Crippen molar-refractivity contribution in [2.24, 2.45) is 0 Å². The van der Waals surface area contributed by atoms with Gasteiger partial charge in [0.2, 0.25) is 0 Å². The van der Waals surface area contributed by atoms with E-state index in [0.717, 1.165) is 17.3 Å². The molecule has 0 aliphatic carbocycles. The highest BCUT2D eigenvalue weighted by atomic mass is 79.9. The smallest absolute Gasteiger partial charge is 0.0494 e. The van der Waals surface area contributed by atoms with Crippen molar-refractivity contribution >= 4 is 33.2 Å². The molecule has 0 aromatic heterocycles. The molecule has 3 heteroatoms. The Kier molecular flexibility index (Phi) is 5.63. The van der Waals surface area contributed by atoms with Crippen LogP contribution in [0.2, 0.25) is 0 Å². The van der Waals surface area contributed by atoms with Gasteiger partial charge in [-0.15, -0.1) is 11.6 Å². The lowest BCUT2D eigenvalue weighted by atomic mass is 10.1. The van der Waals surface area contributed by atoms with Crippen LogP contribution in [-0.2, 0) is 5.88 Å². The molecule has 1 aromatic carbocycles. The standard InChI is InChI=1S/C13H19BrClN/c1-4-12(5-2)16(3)13-7-6-11(14)8-10(13)9-15/h6-8,12H,4-5,9H2,1-3H3. The molecule has 1 nitrogen and oxygen atoms in total. The van der Waals surface area contributed by atoms with E-state index in [9.17, 15) is 0 Å². The van der Waals surface area contributed by atoms with Crippen LogP contribution in [0.15, 0.2) is 22.7 Å². The molecule has 0 amide bonds. The number of nitrogens with zero attached hydrogens (tertiary/aromatic N) is 1. The van der Waals surface area contributed by atoms with Crippen molar-refractivity contribution < 1.29 is 0 Å². The van der Waals surface area contributed by atoms with E-state index in [1.807, 2.05) is 0 Å². The fraction of sp³-hybridized carbons (Fsp3) is 0.538. The third kappa shape index (κ3) is 3.14. The number of anilines is 1. The lowest BCUT2D eigenvalue weighted by molar-refractivity contribution is 0.590. The fourth-order valence-electron chi connectivity index (χ4n) is 2.04. The summed E-state index contributed by atoms with van der Waals surface area (Å²) in [6, 6.07) is 6.90. The van der Waals surface area contributed by atoms with E-state index in [1.165, 1.54) is 11.3 Å². The Balaban J connectivity index is 3.02. The molecule has 1 aromatic rings. The Hall–Kier alpha value is -0.210. The zero-order chi connectivity index (χ0) is 12.1. The molecule has 1 rings (SSSR count). The first-order chi connectivity index (χ1) is 7.63. The normalized spacial score (nSPS) is 10.9. The first-order valence-electron chi connectivity index (χ1n) is 5.71. The summed E-state index contributed by atoms with van der Waals surface area (Å²) in [7, 11) is 2.15. The molecule has 0 unspecified atom stereocenters. The maximum atomic E-state index is 5.99. The topological polar surface area (TPSA) is 3.24 Å². The quantitative estimate of drug-likeness (QED) is 0.705. The fourth-order valence-corrected chi connectivity index (χ4v) is 2.66. The second kappa shape index (κ2) is 6.51. The second-order valence-electron chi connectivity index (χ2n) is 3.99. The molecular weight excluding hydrogens is 286 g/mol. The van der Waals surface area contributed by atoms with Crippen molar-refractivity contribution in [2.75, 3.05) is 11.9 Å². The van der Waals surface area contributed by atoms with Gasteiger partial charge >= 0.3 is 0 Å². The van der Waals surface area contributed by atoms with Crippen LogP contribution in [0.5, 0.6) is 0 Å². The highest BCUT2D eigenvalue weighted by Crippen LogP contribution is 2.27. The molecule has 0 saturated carbocycles. The summed E-state index contributed by atoms with van der Waals surface area (Å²) in [4.78, 5) is 2.34. The van der Waals surface area contributed by atoms with Gasteiger partial charge in [0.15, 0.2) is 0 Å². The maximum Gasteiger partial charge on any atom is 0.0494 e. The van der Waals surface area contributed by atoms with E-state index < -0.39 is 0 Å². The molecule has 0 radical (unpaired) electrons. The summed E-state index contributed by atoms with van der Waals surface area (Å²) in [5, 5.41) is 0.